The van der Waals surface area contributed by atoms with Crippen molar-refractivity contribution in [3.63, 3.8) is 0 Å². The highest BCUT2D eigenvalue weighted by Gasteiger charge is 2.31. The molecule has 1 aromatic heterocycles. The zero-order valence-electron chi connectivity index (χ0n) is 8.36. The Morgan fingerprint density at radius 3 is 3.06 bits per heavy atom. The fraction of sp³-hybridized carbons (Fsp3) is 0.300. The number of rotatable bonds is 2. The van der Waals surface area contributed by atoms with Gasteiger partial charge in [0.15, 0.2) is 5.82 Å². The summed E-state index contributed by atoms with van der Waals surface area (Å²) in [5, 5.41) is 0.271. The van der Waals surface area contributed by atoms with Crippen LogP contribution in [0.15, 0.2) is 23.5 Å². The molecule has 0 spiro atoms. The number of aromatic nitrogens is 2. The Balaban J connectivity index is 2.34. The molecule has 1 aliphatic heterocycles. The van der Waals surface area contributed by atoms with Crippen molar-refractivity contribution in [2.75, 3.05) is 11.4 Å². The molecule has 0 aliphatic carbocycles. The van der Waals surface area contributed by atoms with Gasteiger partial charge < -0.3 is 0 Å². The molecule has 1 atom stereocenters. The molecule has 1 unspecified atom stereocenters. The molecule has 0 aromatic carbocycles. The minimum Gasteiger partial charge on any atom is -0.294 e. The van der Waals surface area contributed by atoms with Gasteiger partial charge in [-0.25, -0.2) is 9.97 Å². The minimum absolute atomic E-state index is 0.0159. The van der Waals surface area contributed by atoms with Crippen LogP contribution in [-0.4, -0.2) is 22.4 Å². The predicted octanol–water partition coefficient (Wildman–Crippen LogP) is 2.43. The van der Waals surface area contributed by atoms with Crippen molar-refractivity contribution in [2.24, 2.45) is 5.92 Å². The Kier molecular flexibility index (Phi) is 3.25. The Morgan fingerprint density at radius 2 is 2.44 bits per heavy atom. The molecule has 1 fully saturated rings. The van der Waals surface area contributed by atoms with Crippen molar-refractivity contribution < 1.29 is 4.79 Å². The summed E-state index contributed by atoms with van der Waals surface area (Å²) in [5.41, 5.74) is 0. The van der Waals surface area contributed by atoms with E-state index < -0.39 is 0 Å². The van der Waals surface area contributed by atoms with Gasteiger partial charge in [0, 0.05) is 18.9 Å². The first-order valence-electron chi connectivity index (χ1n) is 4.72. The standard InChI is InChI=1S/C10H9BrClN3O/c1-2-6-3-8(16)15(5-6)10-9(11)13-4-7(12)14-10/h2,4,6H,1,3,5H2. The van der Waals surface area contributed by atoms with Crippen molar-refractivity contribution in [1.82, 2.24) is 9.97 Å². The van der Waals surface area contributed by atoms with Crippen molar-refractivity contribution in [3.8, 4) is 0 Å². The number of hydrogen-bond acceptors (Lipinski definition) is 3. The quantitative estimate of drug-likeness (QED) is 0.788. The molecule has 16 heavy (non-hydrogen) atoms. The number of carbonyl (C=O) groups excluding carboxylic acids is 1. The third-order valence-electron chi connectivity index (χ3n) is 2.43. The van der Waals surface area contributed by atoms with E-state index in [1.54, 1.807) is 11.0 Å². The third-order valence-corrected chi connectivity index (χ3v) is 3.17. The summed E-state index contributed by atoms with van der Waals surface area (Å²) in [6.45, 7) is 4.27. The summed E-state index contributed by atoms with van der Waals surface area (Å²) in [6.07, 6.45) is 3.68. The fourth-order valence-corrected chi connectivity index (χ4v) is 2.15. The van der Waals surface area contributed by atoms with E-state index in [9.17, 15) is 4.79 Å². The lowest BCUT2D eigenvalue weighted by Gasteiger charge is -2.15. The maximum absolute atomic E-state index is 11.8. The zero-order chi connectivity index (χ0) is 11.7. The average molecular weight is 303 g/mol. The van der Waals surface area contributed by atoms with Crippen LogP contribution >= 0.6 is 27.5 Å². The molecule has 0 radical (unpaired) electrons. The molecule has 6 heteroatoms. The van der Waals surface area contributed by atoms with Gasteiger partial charge in [0.25, 0.3) is 0 Å². The highest BCUT2D eigenvalue weighted by molar-refractivity contribution is 9.10. The number of halogens is 2. The van der Waals surface area contributed by atoms with E-state index in [1.807, 2.05) is 0 Å². The second kappa shape index (κ2) is 4.51. The van der Waals surface area contributed by atoms with Gasteiger partial charge in [0.2, 0.25) is 5.91 Å². The molecule has 2 rings (SSSR count). The number of nitrogens with zero attached hydrogens (tertiary/aromatic N) is 3. The zero-order valence-corrected chi connectivity index (χ0v) is 10.7. The van der Waals surface area contributed by atoms with Crippen molar-refractivity contribution >= 4 is 39.3 Å². The van der Waals surface area contributed by atoms with E-state index in [2.05, 4.69) is 32.5 Å². The van der Waals surface area contributed by atoms with Crippen molar-refractivity contribution in [2.45, 2.75) is 6.42 Å². The molecule has 2 heterocycles. The molecule has 0 N–H and O–H groups in total. The first-order valence-corrected chi connectivity index (χ1v) is 5.90. The summed E-state index contributed by atoms with van der Waals surface area (Å²) < 4.78 is 0.523. The molecule has 1 aliphatic rings. The summed E-state index contributed by atoms with van der Waals surface area (Å²) in [4.78, 5) is 21.4. The molecular formula is C10H9BrClN3O. The molecular weight excluding hydrogens is 293 g/mol. The first-order chi connectivity index (χ1) is 7.61. The molecule has 1 amide bonds. The van der Waals surface area contributed by atoms with Crippen LogP contribution in [0.5, 0.6) is 0 Å². The van der Waals surface area contributed by atoms with Crippen LogP contribution in [0.1, 0.15) is 6.42 Å². The summed E-state index contributed by atoms with van der Waals surface area (Å²) in [6, 6.07) is 0. The van der Waals surface area contributed by atoms with Gasteiger partial charge in [-0.15, -0.1) is 6.58 Å². The van der Waals surface area contributed by atoms with Crippen LogP contribution in [0.3, 0.4) is 0 Å². The normalized spacial score (nSPS) is 20.2. The minimum atomic E-state index is 0.0159. The Morgan fingerprint density at radius 1 is 1.69 bits per heavy atom. The maximum atomic E-state index is 11.8. The molecule has 84 valence electrons. The molecule has 1 aromatic rings. The largest absolute Gasteiger partial charge is 0.294 e. The SMILES string of the molecule is C=CC1CC(=O)N(c2nc(Cl)cnc2Br)C1. The van der Waals surface area contributed by atoms with Crippen molar-refractivity contribution in [1.29, 1.82) is 0 Å². The number of hydrogen-bond donors (Lipinski definition) is 0. The van der Waals surface area contributed by atoms with Gasteiger partial charge in [-0.2, -0.15) is 0 Å². The van der Waals surface area contributed by atoms with Gasteiger partial charge >= 0.3 is 0 Å². The van der Waals surface area contributed by atoms with Gasteiger partial charge in [-0.1, -0.05) is 17.7 Å². The van der Waals surface area contributed by atoms with Gasteiger partial charge in [-0.3, -0.25) is 9.69 Å². The van der Waals surface area contributed by atoms with Gasteiger partial charge in [0.1, 0.15) is 9.76 Å². The maximum Gasteiger partial charge on any atom is 0.228 e. The molecule has 0 bridgehead atoms. The lowest BCUT2D eigenvalue weighted by molar-refractivity contribution is -0.117. The Labute approximate surface area is 106 Å². The van der Waals surface area contributed by atoms with E-state index in [-0.39, 0.29) is 17.0 Å². The number of amides is 1. The smallest absolute Gasteiger partial charge is 0.228 e. The Hall–Kier alpha value is -0.940. The molecule has 0 saturated carbocycles. The van der Waals surface area contributed by atoms with E-state index in [0.29, 0.717) is 23.4 Å². The van der Waals surface area contributed by atoms with Crippen LogP contribution < -0.4 is 4.90 Å². The van der Waals surface area contributed by atoms with Crippen molar-refractivity contribution in [3.05, 3.63) is 28.6 Å². The third kappa shape index (κ3) is 2.10. The monoisotopic (exact) mass is 301 g/mol. The van der Waals surface area contributed by atoms with E-state index >= 15 is 0 Å². The second-order valence-corrected chi connectivity index (χ2v) is 4.65. The van der Waals surface area contributed by atoms with Crippen LogP contribution in [0, 0.1) is 5.92 Å². The molecule has 4 nitrogen and oxygen atoms in total. The van der Waals surface area contributed by atoms with Crippen LogP contribution in [0.4, 0.5) is 5.82 Å². The van der Waals surface area contributed by atoms with E-state index in [4.69, 9.17) is 11.6 Å². The average Bonchev–Trinajstić information content (AvgIpc) is 2.63. The van der Waals surface area contributed by atoms with Crippen LogP contribution in [-0.2, 0) is 4.79 Å². The molecule has 1 saturated heterocycles. The second-order valence-electron chi connectivity index (χ2n) is 3.51. The van der Waals surface area contributed by atoms with Gasteiger partial charge in [0.05, 0.1) is 6.20 Å². The fourth-order valence-electron chi connectivity index (χ4n) is 1.61. The van der Waals surface area contributed by atoms with E-state index in [1.165, 1.54) is 6.20 Å². The predicted molar refractivity (Wildman–Crippen MR) is 65.4 cm³/mol. The summed E-state index contributed by atoms with van der Waals surface area (Å²) in [5.74, 6) is 0.657. The highest BCUT2D eigenvalue weighted by atomic mass is 79.9. The lowest BCUT2D eigenvalue weighted by Crippen LogP contribution is -2.26. The van der Waals surface area contributed by atoms with Crippen LogP contribution in [0.25, 0.3) is 0 Å². The summed E-state index contributed by atoms with van der Waals surface area (Å²) >= 11 is 9.02. The lowest BCUT2D eigenvalue weighted by atomic mass is 10.1. The van der Waals surface area contributed by atoms with E-state index in [0.717, 1.165) is 0 Å². The first kappa shape index (κ1) is 11.5. The number of carbonyl (C=O) groups is 1. The summed E-state index contributed by atoms with van der Waals surface area (Å²) in [7, 11) is 0. The topological polar surface area (TPSA) is 46.1 Å². The highest BCUT2D eigenvalue weighted by Crippen LogP contribution is 2.29. The van der Waals surface area contributed by atoms with Crippen LogP contribution in [0.2, 0.25) is 5.15 Å². The van der Waals surface area contributed by atoms with Gasteiger partial charge in [-0.05, 0) is 15.9 Å². The Bertz CT molecular complexity index is 452. The number of anilines is 1.